The van der Waals surface area contributed by atoms with E-state index in [1.165, 1.54) is 18.5 Å². The Morgan fingerprint density at radius 1 is 0.900 bits per heavy atom. The van der Waals surface area contributed by atoms with Crippen molar-refractivity contribution in [2.75, 3.05) is 6.61 Å². The van der Waals surface area contributed by atoms with E-state index in [1.807, 2.05) is 32.9 Å². The van der Waals surface area contributed by atoms with Crippen LogP contribution in [0.1, 0.15) is 32.0 Å². The van der Waals surface area contributed by atoms with Crippen molar-refractivity contribution in [3.8, 4) is 16.9 Å². The topological polar surface area (TPSA) is 57.1 Å². The molecule has 2 heterocycles. The van der Waals surface area contributed by atoms with Crippen molar-refractivity contribution in [3.05, 3.63) is 72.6 Å². The molecule has 0 radical (unpaired) electrons. The Kier molecular flexibility index (Phi) is 6.36. The second-order valence-electron chi connectivity index (χ2n) is 6.95. The van der Waals surface area contributed by atoms with E-state index in [2.05, 4.69) is 19.7 Å². The smallest absolute Gasteiger partial charge is 0.406 e. The highest BCUT2D eigenvalue weighted by Gasteiger charge is 2.40. The molecule has 5 nitrogen and oxygen atoms in total. The SMILES string of the molecule is CCOC(c1cncnc1)(c1ccc(-c2ccc(OC(F)(F)F)cc2)cn1)C(C)C. The van der Waals surface area contributed by atoms with Crippen LogP contribution in [0.5, 0.6) is 5.75 Å². The predicted octanol–water partition coefficient (Wildman–Crippen LogP) is 5.37. The third-order valence-electron chi connectivity index (χ3n) is 4.74. The molecule has 3 rings (SSSR count). The lowest BCUT2D eigenvalue weighted by Gasteiger charge is -2.37. The predicted molar refractivity (Wildman–Crippen MR) is 106 cm³/mol. The first-order valence-corrected chi connectivity index (χ1v) is 9.48. The molecule has 0 bridgehead atoms. The summed E-state index contributed by atoms with van der Waals surface area (Å²) in [6.45, 7) is 6.46. The molecule has 0 fully saturated rings. The van der Waals surface area contributed by atoms with Crippen LogP contribution in [0.3, 0.4) is 0 Å². The molecule has 0 N–H and O–H groups in total. The molecule has 8 heteroatoms. The molecule has 0 aliphatic rings. The van der Waals surface area contributed by atoms with Crippen molar-refractivity contribution in [2.24, 2.45) is 5.92 Å². The third-order valence-corrected chi connectivity index (χ3v) is 4.74. The minimum Gasteiger partial charge on any atom is -0.406 e. The lowest BCUT2D eigenvalue weighted by atomic mass is 9.81. The van der Waals surface area contributed by atoms with Gasteiger partial charge >= 0.3 is 6.36 Å². The zero-order valence-corrected chi connectivity index (χ0v) is 16.8. The summed E-state index contributed by atoms with van der Waals surface area (Å²) in [6, 6.07) is 9.38. The normalized spacial score (nSPS) is 13.8. The van der Waals surface area contributed by atoms with Crippen molar-refractivity contribution in [2.45, 2.75) is 32.7 Å². The summed E-state index contributed by atoms with van der Waals surface area (Å²) in [6.07, 6.45) is 1.86. The van der Waals surface area contributed by atoms with E-state index < -0.39 is 12.0 Å². The van der Waals surface area contributed by atoms with Crippen molar-refractivity contribution in [1.29, 1.82) is 0 Å². The molecule has 0 amide bonds. The molecule has 1 atom stereocenters. The standard InChI is InChI=1S/C22H22F3N3O2/c1-4-29-21(15(2)3,18-12-26-14-27-13-18)20-10-7-17(11-28-20)16-5-8-19(9-6-16)30-22(23,24)25/h5-15H,4H2,1-3H3. The number of aromatic nitrogens is 3. The fourth-order valence-corrected chi connectivity index (χ4v) is 3.45. The van der Waals surface area contributed by atoms with E-state index in [9.17, 15) is 13.2 Å². The van der Waals surface area contributed by atoms with Crippen LogP contribution in [0.15, 0.2) is 61.3 Å². The van der Waals surface area contributed by atoms with Crippen molar-refractivity contribution < 1.29 is 22.6 Å². The molecule has 0 spiro atoms. The first-order chi connectivity index (χ1) is 14.3. The number of pyridine rings is 1. The van der Waals surface area contributed by atoms with E-state index in [1.54, 1.807) is 30.7 Å². The van der Waals surface area contributed by atoms with Gasteiger partial charge in [-0.15, -0.1) is 13.2 Å². The quantitative estimate of drug-likeness (QED) is 0.517. The van der Waals surface area contributed by atoms with E-state index in [-0.39, 0.29) is 11.7 Å². The average molecular weight is 417 g/mol. The minimum absolute atomic E-state index is 0.0422. The molecule has 1 unspecified atom stereocenters. The van der Waals surface area contributed by atoms with Gasteiger partial charge in [0, 0.05) is 36.3 Å². The van der Waals surface area contributed by atoms with E-state index in [0.29, 0.717) is 12.3 Å². The van der Waals surface area contributed by atoms with Crippen LogP contribution in [0.2, 0.25) is 0 Å². The monoisotopic (exact) mass is 417 g/mol. The Morgan fingerprint density at radius 3 is 2.03 bits per heavy atom. The van der Waals surface area contributed by atoms with Crippen molar-refractivity contribution in [1.82, 2.24) is 15.0 Å². The van der Waals surface area contributed by atoms with Gasteiger partial charge in [-0.1, -0.05) is 32.0 Å². The summed E-state index contributed by atoms with van der Waals surface area (Å²) in [7, 11) is 0. The Balaban J connectivity index is 1.94. The number of hydrogen-bond donors (Lipinski definition) is 0. The zero-order valence-electron chi connectivity index (χ0n) is 16.8. The summed E-state index contributed by atoms with van der Waals surface area (Å²) in [5.41, 5.74) is 2.17. The molecular formula is C22H22F3N3O2. The van der Waals surface area contributed by atoms with Gasteiger partial charge in [-0.2, -0.15) is 0 Å². The molecule has 0 saturated heterocycles. The second kappa shape index (κ2) is 8.79. The van der Waals surface area contributed by atoms with Gasteiger partial charge < -0.3 is 9.47 Å². The van der Waals surface area contributed by atoms with Gasteiger partial charge in [-0.3, -0.25) is 4.98 Å². The van der Waals surface area contributed by atoms with E-state index in [4.69, 9.17) is 4.74 Å². The number of rotatable bonds is 7. The molecule has 0 saturated carbocycles. The summed E-state index contributed by atoms with van der Waals surface area (Å²) < 4.78 is 47.1. The van der Waals surface area contributed by atoms with Gasteiger partial charge in [0.1, 0.15) is 17.7 Å². The Morgan fingerprint density at radius 2 is 1.53 bits per heavy atom. The molecule has 158 valence electrons. The molecule has 30 heavy (non-hydrogen) atoms. The highest BCUT2D eigenvalue weighted by atomic mass is 19.4. The molecular weight excluding hydrogens is 395 g/mol. The molecule has 2 aromatic heterocycles. The number of nitrogens with zero attached hydrogens (tertiary/aromatic N) is 3. The lowest BCUT2D eigenvalue weighted by molar-refractivity contribution is -0.274. The van der Waals surface area contributed by atoms with E-state index in [0.717, 1.165) is 16.7 Å². The third kappa shape index (κ3) is 4.59. The van der Waals surface area contributed by atoms with Crippen LogP contribution in [-0.2, 0) is 10.3 Å². The van der Waals surface area contributed by atoms with Crippen LogP contribution in [0, 0.1) is 5.92 Å². The molecule has 0 aliphatic heterocycles. The van der Waals surface area contributed by atoms with Gasteiger partial charge in [0.2, 0.25) is 0 Å². The first-order valence-electron chi connectivity index (χ1n) is 9.48. The molecule has 3 aromatic rings. The lowest BCUT2D eigenvalue weighted by Crippen LogP contribution is -2.38. The molecule has 0 aliphatic carbocycles. The Labute approximate surface area is 172 Å². The highest BCUT2D eigenvalue weighted by Crippen LogP contribution is 2.39. The number of halogens is 3. The maximum absolute atomic E-state index is 12.3. The van der Waals surface area contributed by atoms with Gasteiger partial charge in [0.15, 0.2) is 0 Å². The maximum Gasteiger partial charge on any atom is 0.573 e. The van der Waals surface area contributed by atoms with Crippen molar-refractivity contribution >= 4 is 0 Å². The zero-order chi connectivity index (χ0) is 21.8. The highest BCUT2D eigenvalue weighted by molar-refractivity contribution is 5.63. The first kappa shape index (κ1) is 21.7. The number of ether oxygens (including phenoxy) is 2. The Bertz CT molecular complexity index is 946. The Hall–Kier alpha value is -3.00. The van der Waals surface area contributed by atoms with Crippen LogP contribution < -0.4 is 4.74 Å². The van der Waals surface area contributed by atoms with Gasteiger partial charge in [-0.25, -0.2) is 9.97 Å². The fraction of sp³-hybridized carbons (Fsp3) is 0.318. The number of benzene rings is 1. The second-order valence-corrected chi connectivity index (χ2v) is 6.95. The summed E-state index contributed by atoms with van der Waals surface area (Å²) in [5.74, 6) is -0.226. The van der Waals surface area contributed by atoms with Crippen LogP contribution >= 0.6 is 0 Å². The fourth-order valence-electron chi connectivity index (χ4n) is 3.45. The average Bonchev–Trinajstić information content (AvgIpc) is 2.72. The van der Waals surface area contributed by atoms with Crippen molar-refractivity contribution in [3.63, 3.8) is 0 Å². The largest absolute Gasteiger partial charge is 0.573 e. The van der Waals surface area contributed by atoms with E-state index >= 15 is 0 Å². The van der Waals surface area contributed by atoms with Gasteiger partial charge in [-0.05, 0) is 36.6 Å². The number of alkyl halides is 3. The van der Waals surface area contributed by atoms with Gasteiger partial charge in [0.25, 0.3) is 0 Å². The van der Waals surface area contributed by atoms with Crippen LogP contribution in [0.25, 0.3) is 11.1 Å². The summed E-state index contributed by atoms with van der Waals surface area (Å²) in [4.78, 5) is 12.9. The maximum atomic E-state index is 12.3. The van der Waals surface area contributed by atoms with Crippen LogP contribution in [-0.4, -0.2) is 27.9 Å². The summed E-state index contributed by atoms with van der Waals surface area (Å²) >= 11 is 0. The molecule has 1 aromatic carbocycles. The van der Waals surface area contributed by atoms with Gasteiger partial charge in [0.05, 0.1) is 5.69 Å². The number of hydrogen-bond acceptors (Lipinski definition) is 5. The summed E-state index contributed by atoms with van der Waals surface area (Å²) in [5, 5.41) is 0. The van der Waals surface area contributed by atoms with Crippen LogP contribution in [0.4, 0.5) is 13.2 Å². The minimum atomic E-state index is -4.72.